The summed E-state index contributed by atoms with van der Waals surface area (Å²) in [5.74, 6) is 0.990. The highest BCUT2D eigenvalue weighted by Gasteiger charge is 2.44. The molecule has 0 N–H and O–H groups in total. The molecule has 3 atom stereocenters. The Kier molecular flexibility index (Phi) is 3.22. The van der Waals surface area contributed by atoms with E-state index in [1.165, 1.54) is 0 Å². The summed E-state index contributed by atoms with van der Waals surface area (Å²) in [7, 11) is 1.66. The average molecular weight is 251 g/mol. The van der Waals surface area contributed by atoms with Crippen molar-refractivity contribution in [3.05, 3.63) is 29.8 Å². The van der Waals surface area contributed by atoms with Crippen molar-refractivity contribution < 1.29 is 13.9 Å². The lowest BCUT2D eigenvalue weighted by Crippen LogP contribution is -2.30. The fourth-order valence-corrected chi connectivity index (χ4v) is 2.99. The number of fused-ring (bicyclic) bond motifs is 1. The van der Waals surface area contributed by atoms with Crippen molar-refractivity contribution in [2.24, 2.45) is 5.92 Å². The van der Waals surface area contributed by atoms with Crippen LogP contribution in [0.25, 0.3) is 0 Å². The minimum absolute atomic E-state index is 0.0162. The number of hydrogen-bond acceptors (Lipinski definition) is 3. The van der Waals surface area contributed by atoms with Gasteiger partial charge in [0.1, 0.15) is 12.0 Å². The van der Waals surface area contributed by atoms with Crippen LogP contribution < -0.4 is 4.74 Å². The second kappa shape index (κ2) is 4.86. The fraction of sp³-hybridized carbons (Fsp3) is 0.571. The van der Waals surface area contributed by atoms with Crippen LogP contribution in [0.15, 0.2) is 24.3 Å². The number of nitrogens with zero attached hydrogens (tertiary/aromatic N) is 1. The highest BCUT2D eigenvalue weighted by atomic mass is 19.1. The lowest BCUT2D eigenvalue weighted by molar-refractivity contribution is 0.0352. The van der Waals surface area contributed by atoms with E-state index in [2.05, 4.69) is 4.90 Å². The van der Waals surface area contributed by atoms with Crippen LogP contribution in [0.2, 0.25) is 0 Å². The fourth-order valence-electron chi connectivity index (χ4n) is 2.99. The molecule has 2 fully saturated rings. The third kappa shape index (κ3) is 1.89. The quantitative estimate of drug-likeness (QED) is 0.823. The molecule has 0 unspecified atom stereocenters. The zero-order chi connectivity index (χ0) is 12.5. The average Bonchev–Trinajstić information content (AvgIpc) is 2.99. The van der Waals surface area contributed by atoms with Crippen molar-refractivity contribution in [3.8, 4) is 5.75 Å². The van der Waals surface area contributed by atoms with Crippen LogP contribution in [0, 0.1) is 5.92 Å². The first kappa shape index (κ1) is 11.9. The van der Waals surface area contributed by atoms with Gasteiger partial charge in [-0.05, 0) is 24.1 Å². The summed E-state index contributed by atoms with van der Waals surface area (Å²) in [6.07, 6.45) is 0.925. The molecule has 2 saturated heterocycles. The van der Waals surface area contributed by atoms with Crippen molar-refractivity contribution in [2.75, 3.05) is 26.9 Å². The highest BCUT2D eigenvalue weighted by molar-refractivity contribution is 5.29. The van der Waals surface area contributed by atoms with Crippen LogP contribution in [-0.2, 0) is 4.74 Å². The monoisotopic (exact) mass is 251 g/mol. The standard InChI is InChI=1S/C14H18FNO2/c1-17-12-4-2-10(3-5-12)14-16-7-6-11(8-15)13(16)9-18-14/h2-5,11,13-14H,6-9H2,1H3/t11-,13-,14-/m1/s1. The van der Waals surface area contributed by atoms with Gasteiger partial charge in [-0.2, -0.15) is 0 Å². The number of benzene rings is 1. The maximum absolute atomic E-state index is 12.9. The Labute approximate surface area is 106 Å². The third-order valence-electron chi connectivity index (χ3n) is 4.05. The largest absolute Gasteiger partial charge is 0.497 e. The summed E-state index contributed by atoms with van der Waals surface area (Å²) in [4.78, 5) is 2.28. The number of ether oxygens (including phenoxy) is 2. The molecule has 1 aromatic rings. The number of alkyl halides is 1. The number of rotatable bonds is 3. The summed E-state index contributed by atoms with van der Waals surface area (Å²) in [6, 6.07) is 8.18. The molecular weight excluding hydrogens is 233 g/mol. The Bertz CT molecular complexity index is 409. The molecular formula is C14H18FNO2. The molecule has 0 radical (unpaired) electrons. The lowest BCUT2D eigenvalue weighted by atomic mass is 10.0. The third-order valence-corrected chi connectivity index (χ3v) is 4.05. The first-order valence-corrected chi connectivity index (χ1v) is 6.40. The van der Waals surface area contributed by atoms with Gasteiger partial charge in [0.2, 0.25) is 0 Å². The summed E-state index contributed by atoms with van der Waals surface area (Å²) in [5.41, 5.74) is 1.12. The van der Waals surface area contributed by atoms with Crippen molar-refractivity contribution in [1.29, 1.82) is 0 Å². The van der Waals surface area contributed by atoms with Gasteiger partial charge in [-0.25, -0.2) is 0 Å². The van der Waals surface area contributed by atoms with E-state index in [1.54, 1.807) is 7.11 Å². The van der Waals surface area contributed by atoms with Crippen molar-refractivity contribution >= 4 is 0 Å². The predicted molar refractivity (Wildman–Crippen MR) is 66.3 cm³/mol. The van der Waals surface area contributed by atoms with Gasteiger partial charge in [-0.3, -0.25) is 9.29 Å². The van der Waals surface area contributed by atoms with Crippen LogP contribution in [0.4, 0.5) is 4.39 Å². The Hall–Kier alpha value is -1.13. The normalized spacial score (nSPS) is 31.6. The molecule has 0 spiro atoms. The van der Waals surface area contributed by atoms with Gasteiger partial charge in [0.05, 0.1) is 20.4 Å². The Morgan fingerprint density at radius 2 is 2.17 bits per heavy atom. The summed E-state index contributed by atoms with van der Waals surface area (Å²) in [6.45, 7) is 1.33. The molecule has 2 aliphatic rings. The van der Waals surface area contributed by atoms with E-state index in [1.807, 2.05) is 24.3 Å². The van der Waals surface area contributed by atoms with Gasteiger partial charge >= 0.3 is 0 Å². The molecule has 3 nitrogen and oxygen atoms in total. The van der Waals surface area contributed by atoms with E-state index in [0.29, 0.717) is 6.61 Å². The molecule has 1 aromatic carbocycles. The van der Waals surface area contributed by atoms with E-state index in [4.69, 9.17) is 9.47 Å². The van der Waals surface area contributed by atoms with Crippen LogP contribution in [0.3, 0.4) is 0 Å². The summed E-state index contributed by atoms with van der Waals surface area (Å²) in [5, 5.41) is 0. The van der Waals surface area contributed by atoms with Gasteiger partial charge in [0, 0.05) is 18.5 Å². The van der Waals surface area contributed by atoms with Crippen molar-refractivity contribution in [2.45, 2.75) is 18.7 Å². The minimum Gasteiger partial charge on any atom is -0.497 e. The molecule has 18 heavy (non-hydrogen) atoms. The zero-order valence-corrected chi connectivity index (χ0v) is 10.5. The minimum atomic E-state index is -0.236. The van der Waals surface area contributed by atoms with E-state index in [9.17, 15) is 4.39 Å². The van der Waals surface area contributed by atoms with Crippen LogP contribution in [0.1, 0.15) is 18.2 Å². The number of halogens is 1. The lowest BCUT2D eigenvalue weighted by Gasteiger charge is -2.22. The van der Waals surface area contributed by atoms with Gasteiger partial charge < -0.3 is 9.47 Å². The second-order valence-electron chi connectivity index (χ2n) is 4.97. The Morgan fingerprint density at radius 3 is 2.83 bits per heavy atom. The molecule has 3 rings (SSSR count). The highest BCUT2D eigenvalue weighted by Crippen LogP contribution is 2.39. The maximum Gasteiger partial charge on any atom is 0.137 e. The molecule has 0 bridgehead atoms. The molecule has 0 amide bonds. The second-order valence-corrected chi connectivity index (χ2v) is 4.97. The van der Waals surface area contributed by atoms with E-state index < -0.39 is 0 Å². The molecule has 0 aromatic heterocycles. The van der Waals surface area contributed by atoms with Crippen LogP contribution >= 0.6 is 0 Å². The van der Waals surface area contributed by atoms with Crippen molar-refractivity contribution in [3.63, 3.8) is 0 Å². The first-order valence-electron chi connectivity index (χ1n) is 6.40. The Morgan fingerprint density at radius 1 is 1.39 bits per heavy atom. The van der Waals surface area contributed by atoms with Crippen molar-refractivity contribution in [1.82, 2.24) is 4.90 Å². The smallest absolute Gasteiger partial charge is 0.137 e. The molecule has 2 heterocycles. The Balaban J connectivity index is 1.77. The molecule has 98 valence electrons. The summed E-state index contributed by atoms with van der Waals surface area (Å²) >= 11 is 0. The van der Waals surface area contributed by atoms with Gasteiger partial charge in [-0.1, -0.05) is 12.1 Å². The summed E-state index contributed by atoms with van der Waals surface area (Å²) < 4.78 is 23.8. The maximum atomic E-state index is 12.9. The SMILES string of the molecule is COc1ccc([C@H]2OC[C@@H]3[C@@H](CF)CCN23)cc1. The first-order chi connectivity index (χ1) is 8.83. The molecule has 0 saturated carbocycles. The predicted octanol–water partition coefficient (Wildman–Crippen LogP) is 2.38. The topological polar surface area (TPSA) is 21.7 Å². The zero-order valence-electron chi connectivity index (χ0n) is 10.5. The molecule has 4 heteroatoms. The van der Waals surface area contributed by atoms with E-state index in [-0.39, 0.29) is 24.9 Å². The van der Waals surface area contributed by atoms with Gasteiger partial charge in [0.15, 0.2) is 0 Å². The van der Waals surface area contributed by atoms with Crippen LogP contribution in [-0.4, -0.2) is 37.9 Å². The van der Waals surface area contributed by atoms with Gasteiger partial charge in [-0.15, -0.1) is 0 Å². The van der Waals surface area contributed by atoms with Crippen LogP contribution in [0.5, 0.6) is 5.75 Å². The number of methoxy groups -OCH3 is 1. The van der Waals surface area contributed by atoms with Gasteiger partial charge in [0.25, 0.3) is 0 Å². The number of hydrogen-bond donors (Lipinski definition) is 0. The molecule has 2 aliphatic heterocycles. The van der Waals surface area contributed by atoms with E-state index in [0.717, 1.165) is 24.3 Å². The molecule has 0 aliphatic carbocycles. The van der Waals surface area contributed by atoms with E-state index >= 15 is 0 Å².